The molecule has 0 aromatic carbocycles. The van der Waals surface area contributed by atoms with Gasteiger partial charge in [-0.15, -0.1) is 0 Å². The summed E-state index contributed by atoms with van der Waals surface area (Å²) in [6.07, 6.45) is -1.65. The van der Waals surface area contributed by atoms with Gasteiger partial charge in [0, 0.05) is 12.7 Å². The molecule has 15 heavy (non-hydrogen) atoms. The maximum absolute atomic E-state index is 12.4. The summed E-state index contributed by atoms with van der Waals surface area (Å²) in [7, 11) is 1.20. The van der Waals surface area contributed by atoms with E-state index in [-0.39, 0.29) is 17.7 Å². The number of aromatic nitrogens is 1. The minimum atomic E-state index is -2.70. The molecule has 0 amide bonds. The van der Waals surface area contributed by atoms with Gasteiger partial charge in [-0.2, -0.15) is 0 Å². The van der Waals surface area contributed by atoms with Crippen LogP contribution in [0, 0.1) is 0 Å². The SMILES string of the molecule is COC(=O)c1cnc(C(F)F)c(CN)c1. The van der Waals surface area contributed by atoms with Gasteiger partial charge in [0.2, 0.25) is 0 Å². The predicted octanol–water partition coefficient (Wildman–Crippen LogP) is 1.26. The first-order valence-corrected chi connectivity index (χ1v) is 4.15. The minimum Gasteiger partial charge on any atom is -0.465 e. The molecule has 0 spiro atoms. The largest absolute Gasteiger partial charge is 0.465 e. The normalized spacial score (nSPS) is 10.5. The first-order valence-electron chi connectivity index (χ1n) is 4.15. The highest BCUT2D eigenvalue weighted by molar-refractivity contribution is 5.89. The van der Waals surface area contributed by atoms with E-state index >= 15 is 0 Å². The standard InChI is InChI=1S/C9H10F2N2O2/c1-15-9(14)6-2-5(3-12)7(8(10)11)13-4-6/h2,4,8H,3,12H2,1H3. The van der Waals surface area contributed by atoms with Crippen LogP contribution in [0.15, 0.2) is 12.3 Å². The van der Waals surface area contributed by atoms with Crippen LogP contribution < -0.4 is 5.73 Å². The Bertz CT molecular complexity index is 369. The molecule has 1 aromatic heterocycles. The molecule has 0 aliphatic rings. The Balaban J connectivity index is 3.13. The van der Waals surface area contributed by atoms with Crippen molar-refractivity contribution >= 4 is 5.97 Å². The summed E-state index contributed by atoms with van der Waals surface area (Å²) in [5.41, 5.74) is 5.13. The van der Waals surface area contributed by atoms with Crippen LogP contribution in [-0.4, -0.2) is 18.1 Å². The molecule has 1 rings (SSSR count). The molecular formula is C9H10F2N2O2. The van der Waals surface area contributed by atoms with E-state index in [9.17, 15) is 13.6 Å². The number of hydrogen-bond donors (Lipinski definition) is 1. The summed E-state index contributed by atoms with van der Waals surface area (Å²) < 4.78 is 29.2. The molecule has 2 N–H and O–H groups in total. The van der Waals surface area contributed by atoms with Crippen molar-refractivity contribution in [2.24, 2.45) is 5.73 Å². The van der Waals surface area contributed by atoms with Crippen molar-refractivity contribution in [2.45, 2.75) is 13.0 Å². The van der Waals surface area contributed by atoms with Gasteiger partial charge in [-0.05, 0) is 11.6 Å². The number of carbonyl (C=O) groups is 1. The van der Waals surface area contributed by atoms with E-state index in [1.807, 2.05) is 0 Å². The third-order valence-electron chi connectivity index (χ3n) is 1.85. The van der Waals surface area contributed by atoms with E-state index in [1.165, 1.54) is 13.2 Å². The summed E-state index contributed by atoms with van der Waals surface area (Å²) in [5, 5.41) is 0. The van der Waals surface area contributed by atoms with Crippen LogP contribution in [0.25, 0.3) is 0 Å². The Morgan fingerprint density at radius 3 is 2.80 bits per heavy atom. The first kappa shape index (κ1) is 11.5. The highest BCUT2D eigenvalue weighted by Gasteiger charge is 2.16. The highest BCUT2D eigenvalue weighted by Crippen LogP contribution is 2.21. The molecule has 82 valence electrons. The molecule has 0 bridgehead atoms. The van der Waals surface area contributed by atoms with Crippen molar-refractivity contribution in [3.05, 3.63) is 29.1 Å². The number of hydrogen-bond acceptors (Lipinski definition) is 4. The maximum Gasteiger partial charge on any atom is 0.339 e. The minimum absolute atomic E-state index is 0.0997. The molecule has 0 fully saturated rings. The van der Waals surface area contributed by atoms with Gasteiger partial charge in [0.1, 0.15) is 5.69 Å². The van der Waals surface area contributed by atoms with Crippen LogP contribution in [-0.2, 0) is 11.3 Å². The molecule has 0 aliphatic heterocycles. The second kappa shape index (κ2) is 4.79. The molecule has 0 saturated carbocycles. The molecule has 0 aliphatic carbocycles. The van der Waals surface area contributed by atoms with Gasteiger partial charge in [-0.1, -0.05) is 0 Å². The zero-order valence-corrected chi connectivity index (χ0v) is 8.04. The van der Waals surface area contributed by atoms with Gasteiger partial charge in [0.25, 0.3) is 6.43 Å². The number of rotatable bonds is 3. The summed E-state index contributed by atoms with van der Waals surface area (Å²) in [6, 6.07) is 1.26. The number of pyridine rings is 1. The van der Waals surface area contributed by atoms with E-state index in [0.29, 0.717) is 0 Å². The predicted molar refractivity (Wildman–Crippen MR) is 48.4 cm³/mol. The van der Waals surface area contributed by atoms with Crippen LogP contribution in [0.3, 0.4) is 0 Å². The molecule has 0 saturated heterocycles. The molecule has 0 radical (unpaired) electrons. The summed E-state index contributed by atoms with van der Waals surface area (Å²) in [5.74, 6) is -0.627. The van der Waals surface area contributed by atoms with Crippen LogP contribution in [0.2, 0.25) is 0 Å². The highest BCUT2D eigenvalue weighted by atomic mass is 19.3. The average Bonchev–Trinajstić information content (AvgIpc) is 2.26. The third-order valence-corrected chi connectivity index (χ3v) is 1.85. The zero-order valence-electron chi connectivity index (χ0n) is 8.04. The lowest BCUT2D eigenvalue weighted by atomic mass is 10.1. The van der Waals surface area contributed by atoms with Gasteiger partial charge >= 0.3 is 5.97 Å². The lowest BCUT2D eigenvalue weighted by Gasteiger charge is -2.07. The number of methoxy groups -OCH3 is 1. The monoisotopic (exact) mass is 216 g/mol. The van der Waals surface area contributed by atoms with E-state index in [1.54, 1.807) is 0 Å². The maximum atomic E-state index is 12.4. The van der Waals surface area contributed by atoms with E-state index in [0.717, 1.165) is 6.20 Å². The fourth-order valence-electron chi connectivity index (χ4n) is 1.11. The van der Waals surface area contributed by atoms with Crippen molar-refractivity contribution in [1.29, 1.82) is 0 Å². The van der Waals surface area contributed by atoms with E-state index < -0.39 is 18.1 Å². The molecular weight excluding hydrogens is 206 g/mol. The zero-order chi connectivity index (χ0) is 11.4. The molecule has 1 heterocycles. The Kier molecular flexibility index (Phi) is 3.68. The van der Waals surface area contributed by atoms with Gasteiger partial charge < -0.3 is 10.5 Å². The average molecular weight is 216 g/mol. The molecule has 0 atom stereocenters. The van der Waals surface area contributed by atoms with Crippen molar-refractivity contribution in [1.82, 2.24) is 4.98 Å². The number of nitrogens with zero attached hydrogens (tertiary/aromatic N) is 1. The number of halogens is 2. The van der Waals surface area contributed by atoms with Gasteiger partial charge in [0.15, 0.2) is 0 Å². The van der Waals surface area contributed by atoms with E-state index in [4.69, 9.17) is 5.73 Å². The summed E-state index contributed by atoms with van der Waals surface area (Å²) in [4.78, 5) is 14.6. The van der Waals surface area contributed by atoms with Gasteiger partial charge in [0.05, 0.1) is 12.7 Å². The quantitative estimate of drug-likeness (QED) is 0.772. The first-order chi connectivity index (χ1) is 7.10. The molecule has 6 heteroatoms. The van der Waals surface area contributed by atoms with Gasteiger partial charge in [-0.3, -0.25) is 4.98 Å². The van der Waals surface area contributed by atoms with Crippen molar-refractivity contribution in [3.8, 4) is 0 Å². The Morgan fingerprint density at radius 2 is 2.33 bits per heavy atom. The number of carbonyl (C=O) groups excluding carboxylic acids is 1. The number of ether oxygens (including phenoxy) is 1. The second-order valence-electron chi connectivity index (χ2n) is 2.76. The lowest BCUT2D eigenvalue weighted by molar-refractivity contribution is 0.0599. The fraction of sp³-hybridized carbons (Fsp3) is 0.333. The van der Waals surface area contributed by atoms with Crippen LogP contribution in [0.4, 0.5) is 8.78 Å². The van der Waals surface area contributed by atoms with Crippen molar-refractivity contribution in [2.75, 3.05) is 7.11 Å². The number of esters is 1. The summed E-state index contributed by atoms with van der Waals surface area (Å²) >= 11 is 0. The molecule has 1 aromatic rings. The van der Waals surface area contributed by atoms with Crippen LogP contribution in [0.1, 0.15) is 28.0 Å². The Hall–Kier alpha value is -1.56. The lowest BCUT2D eigenvalue weighted by Crippen LogP contribution is -2.09. The smallest absolute Gasteiger partial charge is 0.339 e. The van der Waals surface area contributed by atoms with E-state index in [2.05, 4.69) is 9.72 Å². The topological polar surface area (TPSA) is 65.2 Å². The third kappa shape index (κ3) is 2.47. The van der Waals surface area contributed by atoms with Crippen LogP contribution >= 0.6 is 0 Å². The second-order valence-corrected chi connectivity index (χ2v) is 2.76. The molecule has 0 unspecified atom stereocenters. The number of nitrogens with two attached hydrogens (primary N) is 1. The Labute approximate surface area is 85.1 Å². The van der Waals surface area contributed by atoms with Crippen LogP contribution in [0.5, 0.6) is 0 Å². The molecule has 4 nitrogen and oxygen atoms in total. The van der Waals surface area contributed by atoms with Gasteiger partial charge in [-0.25, -0.2) is 13.6 Å². The summed E-state index contributed by atoms with van der Waals surface area (Å²) in [6.45, 7) is -0.0997. The van der Waals surface area contributed by atoms with Crippen molar-refractivity contribution in [3.63, 3.8) is 0 Å². The van der Waals surface area contributed by atoms with Crippen molar-refractivity contribution < 1.29 is 18.3 Å². The number of alkyl halides is 2. The fourth-order valence-corrected chi connectivity index (χ4v) is 1.11. The Morgan fingerprint density at radius 1 is 1.67 bits per heavy atom.